The Labute approximate surface area is 120 Å². The Hall–Kier alpha value is -0.980. The maximum atomic E-state index is 12.2. The minimum Gasteiger partial charge on any atom is -0.389 e. The quantitative estimate of drug-likeness (QED) is 0.835. The molecule has 4 nitrogen and oxygen atoms in total. The van der Waals surface area contributed by atoms with Crippen LogP contribution >= 0.6 is 12.2 Å². The molecule has 0 aliphatic rings. The van der Waals surface area contributed by atoms with Gasteiger partial charge in [-0.2, -0.15) is 0 Å². The SMILES string of the molecule is CC(NS(=O)(=O)c1ccc(C(N)=S)cc1)C(C)(C)C. The first-order valence-electron chi connectivity index (χ1n) is 5.96. The predicted molar refractivity (Wildman–Crippen MR) is 81.6 cm³/mol. The van der Waals surface area contributed by atoms with Gasteiger partial charge < -0.3 is 5.73 Å². The van der Waals surface area contributed by atoms with Gasteiger partial charge in [0.2, 0.25) is 10.0 Å². The summed E-state index contributed by atoms with van der Waals surface area (Å²) in [7, 11) is -3.52. The van der Waals surface area contributed by atoms with E-state index in [4.69, 9.17) is 18.0 Å². The number of sulfonamides is 1. The van der Waals surface area contributed by atoms with Crippen LogP contribution in [0.4, 0.5) is 0 Å². The highest BCUT2D eigenvalue weighted by atomic mass is 32.2. The van der Waals surface area contributed by atoms with E-state index in [1.165, 1.54) is 12.1 Å². The number of rotatable bonds is 4. The summed E-state index contributed by atoms with van der Waals surface area (Å²) >= 11 is 4.83. The fourth-order valence-corrected chi connectivity index (χ4v) is 2.86. The van der Waals surface area contributed by atoms with Crippen molar-refractivity contribution in [2.75, 3.05) is 0 Å². The minimum absolute atomic E-state index is 0.147. The summed E-state index contributed by atoms with van der Waals surface area (Å²) in [6.45, 7) is 7.79. The van der Waals surface area contributed by atoms with E-state index in [1.807, 2.05) is 27.7 Å². The maximum Gasteiger partial charge on any atom is 0.240 e. The standard InChI is InChI=1S/C13H20N2O2S2/c1-9(13(2,3)4)15-19(16,17)11-7-5-10(6-8-11)12(14)18/h5-9,15H,1-4H3,(H2,14,18). The summed E-state index contributed by atoms with van der Waals surface area (Å²) < 4.78 is 27.1. The Kier molecular flexibility index (Phi) is 4.71. The zero-order chi connectivity index (χ0) is 14.8. The minimum atomic E-state index is -3.52. The van der Waals surface area contributed by atoms with Crippen molar-refractivity contribution < 1.29 is 8.42 Å². The molecule has 1 atom stereocenters. The number of hydrogen-bond acceptors (Lipinski definition) is 3. The van der Waals surface area contributed by atoms with Gasteiger partial charge in [0, 0.05) is 11.6 Å². The van der Waals surface area contributed by atoms with E-state index in [0.717, 1.165) is 0 Å². The molecule has 0 aliphatic carbocycles. The first-order chi connectivity index (χ1) is 8.54. The van der Waals surface area contributed by atoms with Crippen molar-refractivity contribution in [1.29, 1.82) is 0 Å². The van der Waals surface area contributed by atoms with Crippen molar-refractivity contribution >= 4 is 27.2 Å². The van der Waals surface area contributed by atoms with E-state index in [1.54, 1.807) is 12.1 Å². The van der Waals surface area contributed by atoms with Crippen LogP contribution in [0.15, 0.2) is 29.2 Å². The molecule has 1 aromatic carbocycles. The summed E-state index contributed by atoms with van der Waals surface area (Å²) in [6, 6.07) is 6.06. The van der Waals surface area contributed by atoms with Crippen LogP contribution in [0.25, 0.3) is 0 Å². The average Bonchev–Trinajstić information content (AvgIpc) is 2.27. The van der Waals surface area contributed by atoms with Gasteiger partial charge in [-0.05, 0) is 24.5 Å². The van der Waals surface area contributed by atoms with Crippen LogP contribution in [0.1, 0.15) is 33.3 Å². The lowest BCUT2D eigenvalue weighted by Gasteiger charge is -2.27. The Morgan fingerprint density at radius 2 is 1.74 bits per heavy atom. The zero-order valence-corrected chi connectivity index (χ0v) is 13.2. The van der Waals surface area contributed by atoms with Crippen molar-refractivity contribution in [2.24, 2.45) is 11.1 Å². The Morgan fingerprint density at radius 1 is 1.26 bits per heavy atom. The first-order valence-corrected chi connectivity index (χ1v) is 7.85. The fourth-order valence-electron chi connectivity index (χ4n) is 1.28. The third-order valence-electron chi connectivity index (χ3n) is 3.08. The highest BCUT2D eigenvalue weighted by Crippen LogP contribution is 2.21. The van der Waals surface area contributed by atoms with Crippen LogP contribution in [0.2, 0.25) is 0 Å². The second kappa shape index (κ2) is 5.56. The molecule has 0 heterocycles. The lowest BCUT2D eigenvalue weighted by Crippen LogP contribution is -2.41. The fraction of sp³-hybridized carbons (Fsp3) is 0.462. The summed E-state index contributed by atoms with van der Waals surface area (Å²) in [5, 5.41) is 0. The van der Waals surface area contributed by atoms with E-state index in [2.05, 4.69) is 4.72 Å². The number of thiocarbonyl (C=S) groups is 1. The molecule has 0 radical (unpaired) electrons. The van der Waals surface area contributed by atoms with Gasteiger partial charge >= 0.3 is 0 Å². The molecule has 0 aliphatic heterocycles. The van der Waals surface area contributed by atoms with Gasteiger partial charge in [-0.3, -0.25) is 0 Å². The van der Waals surface area contributed by atoms with Gasteiger partial charge in [-0.15, -0.1) is 0 Å². The van der Waals surface area contributed by atoms with Crippen molar-refractivity contribution in [2.45, 2.75) is 38.6 Å². The topological polar surface area (TPSA) is 72.2 Å². The lowest BCUT2D eigenvalue weighted by molar-refractivity contribution is 0.317. The third kappa shape index (κ3) is 4.26. The summed E-state index contributed by atoms with van der Waals surface area (Å²) in [6.07, 6.45) is 0. The molecule has 0 bridgehead atoms. The number of hydrogen-bond donors (Lipinski definition) is 2. The smallest absolute Gasteiger partial charge is 0.240 e. The maximum absolute atomic E-state index is 12.2. The Balaban J connectivity index is 2.98. The highest BCUT2D eigenvalue weighted by molar-refractivity contribution is 7.89. The van der Waals surface area contributed by atoms with Crippen LogP contribution in [-0.4, -0.2) is 19.4 Å². The molecule has 0 saturated carbocycles. The molecule has 1 rings (SSSR count). The highest BCUT2D eigenvalue weighted by Gasteiger charge is 2.25. The number of nitrogens with one attached hydrogen (secondary N) is 1. The van der Waals surface area contributed by atoms with Gasteiger partial charge in [0.15, 0.2) is 0 Å². The summed E-state index contributed by atoms with van der Waals surface area (Å²) in [4.78, 5) is 0.462. The van der Waals surface area contributed by atoms with Gasteiger partial charge in [-0.25, -0.2) is 13.1 Å². The molecule has 106 valence electrons. The summed E-state index contributed by atoms with van der Waals surface area (Å²) in [5.41, 5.74) is 5.98. The summed E-state index contributed by atoms with van der Waals surface area (Å²) in [5.74, 6) is 0. The second-order valence-electron chi connectivity index (χ2n) is 5.60. The Bertz CT molecular complexity index is 557. The predicted octanol–water partition coefficient (Wildman–Crippen LogP) is 2.03. The van der Waals surface area contributed by atoms with E-state index in [9.17, 15) is 8.42 Å². The Morgan fingerprint density at radius 3 is 2.11 bits per heavy atom. The average molecular weight is 300 g/mol. The monoisotopic (exact) mass is 300 g/mol. The molecule has 19 heavy (non-hydrogen) atoms. The van der Waals surface area contributed by atoms with E-state index < -0.39 is 10.0 Å². The van der Waals surface area contributed by atoms with Crippen molar-refractivity contribution in [3.63, 3.8) is 0 Å². The first kappa shape index (κ1) is 16.1. The van der Waals surface area contributed by atoms with Crippen molar-refractivity contribution in [3.8, 4) is 0 Å². The van der Waals surface area contributed by atoms with Crippen molar-refractivity contribution in [1.82, 2.24) is 4.72 Å². The van der Waals surface area contributed by atoms with Crippen LogP contribution < -0.4 is 10.5 Å². The van der Waals surface area contributed by atoms with Crippen LogP contribution in [0, 0.1) is 5.41 Å². The third-order valence-corrected chi connectivity index (χ3v) is 4.87. The lowest BCUT2D eigenvalue weighted by atomic mass is 9.89. The van der Waals surface area contributed by atoms with Crippen LogP contribution in [-0.2, 0) is 10.0 Å². The normalized spacial score (nSPS) is 14.1. The molecule has 3 N–H and O–H groups in total. The van der Waals surface area contributed by atoms with Gasteiger partial charge in [-0.1, -0.05) is 45.1 Å². The van der Waals surface area contributed by atoms with Crippen LogP contribution in [0.5, 0.6) is 0 Å². The van der Waals surface area contributed by atoms with E-state index in [0.29, 0.717) is 5.56 Å². The van der Waals surface area contributed by atoms with Crippen LogP contribution in [0.3, 0.4) is 0 Å². The largest absolute Gasteiger partial charge is 0.389 e. The number of nitrogens with two attached hydrogens (primary N) is 1. The zero-order valence-electron chi connectivity index (χ0n) is 11.6. The second-order valence-corrected chi connectivity index (χ2v) is 7.75. The molecule has 0 amide bonds. The molecule has 0 spiro atoms. The molecule has 1 unspecified atom stereocenters. The molecule has 1 aromatic rings. The van der Waals surface area contributed by atoms with E-state index in [-0.39, 0.29) is 21.3 Å². The molecular formula is C13H20N2O2S2. The molecule has 0 saturated heterocycles. The number of benzene rings is 1. The van der Waals surface area contributed by atoms with Gasteiger partial charge in [0.1, 0.15) is 4.99 Å². The molecule has 0 aromatic heterocycles. The van der Waals surface area contributed by atoms with E-state index >= 15 is 0 Å². The molecule has 6 heteroatoms. The molecule has 0 fully saturated rings. The van der Waals surface area contributed by atoms with Gasteiger partial charge in [0.25, 0.3) is 0 Å². The van der Waals surface area contributed by atoms with Gasteiger partial charge in [0.05, 0.1) is 4.90 Å². The molecular weight excluding hydrogens is 280 g/mol. The van der Waals surface area contributed by atoms with Crippen molar-refractivity contribution in [3.05, 3.63) is 29.8 Å².